The number of hydrogen-bond donors (Lipinski definition) is 3. The van der Waals surface area contributed by atoms with E-state index in [1.165, 1.54) is 6.92 Å². The van der Waals surface area contributed by atoms with Gasteiger partial charge in [-0.15, -0.1) is 0 Å². The van der Waals surface area contributed by atoms with Crippen LogP contribution in [0.1, 0.15) is 6.92 Å². The summed E-state index contributed by atoms with van der Waals surface area (Å²) < 4.78 is 5.48. The van der Waals surface area contributed by atoms with E-state index in [1.807, 2.05) is 0 Å². The van der Waals surface area contributed by atoms with Gasteiger partial charge < -0.3 is 20.5 Å². The average Bonchev–Trinajstić information content (AvgIpc) is 2.27. The first-order valence-corrected chi connectivity index (χ1v) is 5.12. The number of phenolic OH excluding ortho intramolecular Hbond substituents is 1. The zero-order chi connectivity index (χ0) is 11.5. The lowest BCUT2D eigenvalue weighted by atomic mass is 10.2. The molecule has 1 amide bonds. The van der Waals surface area contributed by atoms with E-state index >= 15 is 0 Å². The fraction of sp³-hybridized carbons (Fsp3) is 0.364. The number of para-hydroxylation sites is 1. The Hall–Kier alpha value is -1.91. The first-order chi connectivity index (χ1) is 7.66. The van der Waals surface area contributed by atoms with E-state index in [9.17, 15) is 9.90 Å². The maximum absolute atomic E-state index is 10.8. The molecule has 0 bridgehead atoms. The van der Waals surface area contributed by atoms with Crippen molar-refractivity contribution >= 4 is 11.6 Å². The largest absolute Gasteiger partial charge is 0.506 e. The number of amides is 1. The number of nitrogens with one attached hydrogen (secondary N) is 2. The van der Waals surface area contributed by atoms with Crippen molar-refractivity contribution < 1.29 is 14.6 Å². The Bertz CT molecular complexity index is 406. The van der Waals surface area contributed by atoms with Gasteiger partial charge in [0.05, 0.1) is 6.04 Å². The van der Waals surface area contributed by atoms with E-state index < -0.39 is 0 Å². The van der Waals surface area contributed by atoms with Crippen LogP contribution in [0, 0.1) is 0 Å². The van der Waals surface area contributed by atoms with Crippen molar-refractivity contribution in [2.24, 2.45) is 0 Å². The number of phenols is 1. The summed E-state index contributed by atoms with van der Waals surface area (Å²) in [6.07, 6.45) is 0. The van der Waals surface area contributed by atoms with Gasteiger partial charge >= 0.3 is 0 Å². The van der Waals surface area contributed by atoms with E-state index in [0.29, 0.717) is 24.6 Å². The number of aromatic hydroxyl groups is 1. The fourth-order valence-corrected chi connectivity index (χ4v) is 1.60. The van der Waals surface area contributed by atoms with Crippen molar-refractivity contribution in [2.75, 3.05) is 18.5 Å². The van der Waals surface area contributed by atoms with Gasteiger partial charge in [0.1, 0.15) is 23.8 Å². The highest BCUT2D eigenvalue weighted by molar-refractivity contribution is 5.73. The normalized spacial score (nSPS) is 17.9. The Morgan fingerprint density at radius 1 is 1.69 bits per heavy atom. The molecule has 5 heteroatoms. The summed E-state index contributed by atoms with van der Waals surface area (Å²) in [5.41, 5.74) is 0.587. The summed E-state index contributed by atoms with van der Waals surface area (Å²) in [4.78, 5) is 10.8. The zero-order valence-electron chi connectivity index (χ0n) is 8.99. The molecule has 1 aliphatic heterocycles. The Morgan fingerprint density at radius 3 is 3.25 bits per heavy atom. The van der Waals surface area contributed by atoms with Crippen LogP contribution in [0.4, 0.5) is 5.69 Å². The second-order valence-corrected chi connectivity index (χ2v) is 3.74. The van der Waals surface area contributed by atoms with E-state index in [1.54, 1.807) is 18.2 Å². The number of carbonyl (C=O) groups is 1. The van der Waals surface area contributed by atoms with Crippen LogP contribution in [0.5, 0.6) is 11.5 Å². The number of benzene rings is 1. The maximum Gasteiger partial charge on any atom is 0.216 e. The van der Waals surface area contributed by atoms with Gasteiger partial charge in [-0.1, -0.05) is 6.07 Å². The highest BCUT2D eigenvalue weighted by Gasteiger charge is 2.21. The van der Waals surface area contributed by atoms with Crippen LogP contribution in [0.25, 0.3) is 0 Å². The van der Waals surface area contributed by atoms with Crippen molar-refractivity contribution in [3.63, 3.8) is 0 Å². The van der Waals surface area contributed by atoms with Crippen LogP contribution < -0.4 is 15.4 Å². The van der Waals surface area contributed by atoms with Gasteiger partial charge in [0.2, 0.25) is 5.91 Å². The van der Waals surface area contributed by atoms with Crippen LogP contribution in [0.2, 0.25) is 0 Å². The summed E-state index contributed by atoms with van der Waals surface area (Å²) in [6, 6.07) is 5.08. The first-order valence-electron chi connectivity index (χ1n) is 5.12. The van der Waals surface area contributed by atoms with Crippen molar-refractivity contribution in [3.05, 3.63) is 18.2 Å². The average molecular weight is 222 g/mol. The lowest BCUT2D eigenvalue weighted by molar-refractivity contribution is -0.119. The van der Waals surface area contributed by atoms with Gasteiger partial charge in [-0.25, -0.2) is 0 Å². The molecular weight excluding hydrogens is 208 g/mol. The van der Waals surface area contributed by atoms with Crippen LogP contribution in [-0.2, 0) is 4.79 Å². The smallest absolute Gasteiger partial charge is 0.216 e. The Morgan fingerprint density at radius 2 is 2.50 bits per heavy atom. The highest BCUT2D eigenvalue weighted by Crippen LogP contribution is 2.36. The van der Waals surface area contributed by atoms with Crippen LogP contribution in [0.3, 0.4) is 0 Å². The lowest BCUT2D eigenvalue weighted by Crippen LogP contribution is -2.41. The lowest BCUT2D eigenvalue weighted by Gasteiger charge is -2.27. The summed E-state index contributed by atoms with van der Waals surface area (Å²) in [7, 11) is 0. The molecular formula is C11H14N2O3. The number of carbonyl (C=O) groups excluding carboxylic acids is 1. The fourth-order valence-electron chi connectivity index (χ4n) is 1.60. The molecule has 0 fully saturated rings. The molecule has 1 aromatic rings. The monoisotopic (exact) mass is 222 g/mol. The predicted octanol–water partition coefficient (Wildman–Crippen LogP) is 0.701. The van der Waals surface area contributed by atoms with Gasteiger partial charge in [0, 0.05) is 13.5 Å². The molecule has 0 saturated heterocycles. The van der Waals surface area contributed by atoms with Gasteiger partial charge in [0.15, 0.2) is 0 Å². The summed E-state index contributed by atoms with van der Waals surface area (Å²) in [5, 5.41) is 15.5. The van der Waals surface area contributed by atoms with Crippen molar-refractivity contribution in [3.8, 4) is 11.5 Å². The molecule has 0 radical (unpaired) electrons. The summed E-state index contributed by atoms with van der Waals surface area (Å²) in [5.74, 6) is 0.717. The van der Waals surface area contributed by atoms with Gasteiger partial charge in [0.25, 0.3) is 0 Å². The van der Waals surface area contributed by atoms with Crippen LogP contribution in [0.15, 0.2) is 18.2 Å². The molecule has 2 rings (SSSR count). The molecule has 0 spiro atoms. The first kappa shape index (κ1) is 10.6. The third kappa shape index (κ3) is 2.18. The highest BCUT2D eigenvalue weighted by atomic mass is 16.5. The second-order valence-electron chi connectivity index (χ2n) is 3.74. The molecule has 86 valence electrons. The molecule has 0 aromatic heterocycles. The maximum atomic E-state index is 10.8. The van der Waals surface area contributed by atoms with E-state index in [0.717, 1.165) is 0 Å². The third-order valence-corrected chi connectivity index (χ3v) is 2.39. The van der Waals surface area contributed by atoms with E-state index in [4.69, 9.17) is 4.74 Å². The minimum absolute atomic E-state index is 0.0234. The minimum atomic E-state index is -0.0788. The topological polar surface area (TPSA) is 70.6 Å². The SMILES string of the molecule is CC(=O)NCC1COc2cccc(O)c2N1. The summed E-state index contributed by atoms with van der Waals surface area (Å²) >= 11 is 0. The Labute approximate surface area is 93.4 Å². The number of fused-ring (bicyclic) bond motifs is 1. The minimum Gasteiger partial charge on any atom is -0.506 e. The van der Waals surface area contributed by atoms with Crippen molar-refractivity contribution in [2.45, 2.75) is 13.0 Å². The molecule has 3 N–H and O–H groups in total. The van der Waals surface area contributed by atoms with Gasteiger partial charge in [-0.3, -0.25) is 4.79 Å². The molecule has 1 heterocycles. The Balaban J connectivity index is 2.05. The molecule has 0 aliphatic carbocycles. The number of anilines is 1. The molecule has 0 saturated carbocycles. The third-order valence-electron chi connectivity index (χ3n) is 2.39. The zero-order valence-corrected chi connectivity index (χ0v) is 8.99. The van der Waals surface area contributed by atoms with Gasteiger partial charge in [-0.05, 0) is 12.1 Å². The van der Waals surface area contributed by atoms with E-state index in [2.05, 4.69) is 10.6 Å². The number of hydrogen-bond acceptors (Lipinski definition) is 4. The molecule has 1 unspecified atom stereocenters. The second kappa shape index (κ2) is 4.30. The Kier molecular flexibility index (Phi) is 2.85. The predicted molar refractivity (Wildman–Crippen MR) is 59.7 cm³/mol. The van der Waals surface area contributed by atoms with Crippen LogP contribution >= 0.6 is 0 Å². The molecule has 1 aliphatic rings. The van der Waals surface area contributed by atoms with E-state index in [-0.39, 0.29) is 17.7 Å². The standard InChI is InChI=1S/C11H14N2O3/c1-7(14)12-5-8-6-16-10-4-2-3-9(15)11(10)13-8/h2-4,8,13,15H,5-6H2,1H3,(H,12,14). The molecule has 1 aromatic carbocycles. The number of ether oxygens (including phenoxy) is 1. The van der Waals surface area contributed by atoms with Crippen LogP contribution in [-0.4, -0.2) is 30.2 Å². The molecule has 16 heavy (non-hydrogen) atoms. The van der Waals surface area contributed by atoms with Crippen molar-refractivity contribution in [1.29, 1.82) is 0 Å². The molecule has 1 atom stereocenters. The number of rotatable bonds is 2. The quantitative estimate of drug-likeness (QED) is 0.644. The van der Waals surface area contributed by atoms with Gasteiger partial charge in [-0.2, -0.15) is 0 Å². The molecule has 5 nitrogen and oxygen atoms in total. The summed E-state index contributed by atoms with van der Waals surface area (Å²) in [6.45, 7) is 2.41. The van der Waals surface area contributed by atoms with Crippen molar-refractivity contribution in [1.82, 2.24) is 5.32 Å².